The number of amides is 2. The summed E-state index contributed by atoms with van der Waals surface area (Å²) in [5.74, 6) is -1.67. The van der Waals surface area contributed by atoms with E-state index in [1.165, 1.54) is 22.7 Å². The molecule has 1 aliphatic carbocycles. The number of benzene rings is 2. The highest BCUT2D eigenvalue weighted by Gasteiger charge is 2.30. The molecule has 1 fully saturated rings. The predicted octanol–water partition coefficient (Wildman–Crippen LogP) is 4.26. The number of rotatable bonds is 10. The van der Waals surface area contributed by atoms with E-state index in [1.807, 2.05) is 60.7 Å². The molecule has 4 aromatic rings. The molecule has 0 saturated heterocycles. The first kappa shape index (κ1) is 28.0. The minimum absolute atomic E-state index is 0.170. The first-order valence-corrected chi connectivity index (χ1v) is 14.8. The van der Waals surface area contributed by atoms with E-state index in [-0.39, 0.29) is 36.9 Å². The second-order valence-electron chi connectivity index (χ2n) is 9.72. The van der Waals surface area contributed by atoms with E-state index >= 15 is 0 Å². The van der Waals surface area contributed by atoms with Gasteiger partial charge in [0.15, 0.2) is 0 Å². The van der Waals surface area contributed by atoms with E-state index in [0.717, 1.165) is 46.8 Å². The van der Waals surface area contributed by atoms with E-state index < -0.39 is 11.8 Å². The van der Waals surface area contributed by atoms with Crippen LogP contribution < -0.4 is 10.6 Å². The molecule has 12 heteroatoms. The Balaban J connectivity index is 1.20. The van der Waals surface area contributed by atoms with Crippen molar-refractivity contribution in [2.75, 3.05) is 23.8 Å². The molecule has 0 radical (unpaired) electrons. The van der Waals surface area contributed by atoms with E-state index in [4.69, 9.17) is 0 Å². The van der Waals surface area contributed by atoms with Crippen molar-refractivity contribution in [1.29, 1.82) is 0 Å². The van der Waals surface area contributed by atoms with E-state index in [1.54, 1.807) is 0 Å². The average Bonchev–Trinajstić information content (AvgIpc) is 3.65. The molecule has 2 amide bonds. The molecule has 4 atom stereocenters. The van der Waals surface area contributed by atoms with Crippen molar-refractivity contribution in [3.8, 4) is 0 Å². The van der Waals surface area contributed by atoms with Gasteiger partial charge in [-0.2, -0.15) is 0 Å². The van der Waals surface area contributed by atoms with Crippen LogP contribution in [-0.4, -0.2) is 55.6 Å². The SMILES string of the molecule is O=C(Nc1nnc([C@H]2CCC[C@H](c3nnc(NC(=O)C(CO)c4ccccc4)s3)C2)s1)C(CO)c1ccccc1. The number of carbonyl (C=O) groups excluding carboxylic acids is 2. The van der Waals surface area contributed by atoms with Crippen LogP contribution in [0, 0.1) is 0 Å². The van der Waals surface area contributed by atoms with Gasteiger partial charge in [0.05, 0.1) is 25.0 Å². The summed E-state index contributed by atoms with van der Waals surface area (Å²) in [6.07, 6.45) is 3.72. The fraction of sp³-hybridized carbons (Fsp3) is 0.357. The Hall–Kier alpha value is -3.58. The van der Waals surface area contributed by atoms with Crippen LogP contribution in [0.1, 0.15) is 70.5 Å². The number of hydrogen-bond acceptors (Lipinski definition) is 10. The number of nitrogens with zero attached hydrogens (tertiary/aromatic N) is 4. The summed E-state index contributed by atoms with van der Waals surface area (Å²) in [7, 11) is 0. The Morgan fingerprint density at radius 2 is 1.15 bits per heavy atom. The Morgan fingerprint density at radius 3 is 1.55 bits per heavy atom. The molecular weight excluding hydrogens is 548 g/mol. The minimum Gasteiger partial charge on any atom is -0.395 e. The summed E-state index contributed by atoms with van der Waals surface area (Å²) in [5.41, 5.74) is 1.48. The van der Waals surface area contributed by atoms with Gasteiger partial charge in [0.25, 0.3) is 0 Å². The first-order chi connectivity index (χ1) is 19.6. The third-order valence-corrected chi connectivity index (χ3v) is 9.12. The third-order valence-electron chi connectivity index (χ3n) is 7.12. The van der Waals surface area contributed by atoms with Crippen LogP contribution in [0.25, 0.3) is 0 Å². The van der Waals surface area contributed by atoms with Gasteiger partial charge < -0.3 is 10.2 Å². The fourth-order valence-corrected chi connectivity index (χ4v) is 6.76. The first-order valence-electron chi connectivity index (χ1n) is 13.2. The maximum absolute atomic E-state index is 12.8. The van der Waals surface area contributed by atoms with Crippen molar-refractivity contribution in [3.63, 3.8) is 0 Å². The van der Waals surface area contributed by atoms with Crippen molar-refractivity contribution in [2.24, 2.45) is 0 Å². The minimum atomic E-state index is -0.681. The number of aliphatic hydroxyl groups is 2. The number of hydrogen-bond donors (Lipinski definition) is 4. The summed E-state index contributed by atoms with van der Waals surface area (Å²) in [6.45, 7) is -0.605. The lowest BCUT2D eigenvalue weighted by Gasteiger charge is -2.25. The third kappa shape index (κ3) is 6.58. The smallest absolute Gasteiger partial charge is 0.236 e. The lowest BCUT2D eigenvalue weighted by molar-refractivity contribution is -0.119. The number of aliphatic hydroxyl groups excluding tert-OH is 2. The van der Waals surface area contributed by atoms with E-state index in [2.05, 4.69) is 31.0 Å². The fourth-order valence-electron chi connectivity index (χ4n) is 4.97. The molecule has 0 bridgehead atoms. The molecule has 0 spiro atoms. The zero-order valence-corrected chi connectivity index (χ0v) is 23.3. The maximum atomic E-state index is 12.8. The quantitative estimate of drug-likeness (QED) is 0.218. The van der Waals surface area contributed by atoms with Gasteiger partial charge in [0, 0.05) is 11.8 Å². The molecule has 2 aromatic heterocycles. The molecule has 4 N–H and O–H groups in total. The van der Waals surface area contributed by atoms with Gasteiger partial charge in [0.2, 0.25) is 22.1 Å². The van der Waals surface area contributed by atoms with Crippen LogP contribution in [0.3, 0.4) is 0 Å². The van der Waals surface area contributed by atoms with Crippen molar-refractivity contribution >= 4 is 44.8 Å². The Labute approximate surface area is 239 Å². The summed E-state index contributed by atoms with van der Waals surface area (Å²) < 4.78 is 0. The van der Waals surface area contributed by atoms with Gasteiger partial charge in [-0.3, -0.25) is 20.2 Å². The van der Waals surface area contributed by atoms with Crippen LogP contribution >= 0.6 is 22.7 Å². The van der Waals surface area contributed by atoms with Crippen LogP contribution in [-0.2, 0) is 9.59 Å². The standard InChI is InChI=1S/C28H30N6O4S2/c35-15-21(17-8-3-1-4-9-17)23(37)29-27-33-31-25(39-27)19-12-7-13-20(14-19)26-32-34-28(40-26)30-24(38)22(16-36)18-10-5-2-6-11-18/h1-6,8-11,19-22,35-36H,7,12-16H2,(H,29,33,37)(H,30,34,38)/t19-,20-,21?,22?/m0/s1. The molecule has 1 aliphatic rings. The molecular formula is C28H30N6O4S2. The average molecular weight is 579 g/mol. The highest BCUT2D eigenvalue weighted by atomic mass is 32.1. The molecule has 40 heavy (non-hydrogen) atoms. The van der Waals surface area contributed by atoms with Crippen LogP contribution in [0.2, 0.25) is 0 Å². The molecule has 0 aliphatic heterocycles. The number of nitrogens with one attached hydrogen (secondary N) is 2. The van der Waals surface area contributed by atoms with Crippen LogP contribution in [0.5, 0.6) is 0 Å². The van der Waals surface area contributed by atoms with Gasteiger partial charge >= 0.3 is 0 Å². The zero-order chi connectivity index (χ0) is 27.9. The highest BCUT2D eigenvalue weighted by molar-refractivity contribution is 7.15. The summed E-state index contributed by atoms with van der Waals surface area (Å²) in [6, 6.07) is 18.3. The normalized spacial score (nSPS) is 18.6. The van der Waals surface area contributed by atoms with Crippen molar-refractivity contribution in [3.05, 3.63) is 81.8 Å². The van der Waals surface area contributed by atoms with Gasteiger partial charge in [-0.15, -0.1) is 20.4 Å². The summed E-state index contributed by atoms with van der Waals surface area (Å²) in [5, 5.41) is 44.8. The Morgan fingerprint density at radius 1 is 0.725 bits per heavy atom. The lowest BCUT2D eigenvalue weighted by Crippen LogP contribution is -2.23. The zero-order valence-electron chi connectivity index (χ0n) is 21.6. The molecule has 2 aromatic carbocycles. The molecule has 2 unspecified atom stereocenters. The van der Waals surface area contributed by atoms with E-state index in [0.29, 0.717) is 10.3 Å². The second kappa shape index (κ2) is 13.2. The van der Waals surface area contributed by atoms with Crippen LogP contribution in [0.15, 0.2) is 60.7 Å². The number of anilines is 2. The number of aromatic nitrogens is 4. The van der Waals surface area contributed by atoms with Crippen LogP contribution in [0.4, 0.5) is 10.3 Å². The van der Waals surface area contributed by atoms with Gasteiger partial charge in [-0.25, -0.2) is 0 Å². The monoisotopic (exact) mass is 578 g/mol. The van der Waals surface area contributed by atoms with Gasteiger partial charge in [0.1, 0.15) is 10.0 Å². The lowest BCUT2D eigenvalue weighted by atomic mass is 9.82. The van der Waals surface area contributed by atoms with E-state index in [9.17, 15) is 19.8 Å². The second-order valence-corrected chi connectivity index (χ2v) is 11.7. The molecule has 10 nitrogen and oxygen atoms in total. The van der Waals surface area contributed by atoms with Gasteiger partial charge in [-0.1, -0.05) is 89.8 Å². The summed E-state index contributed by atoms with van der Waals surface area (Å²) >= 11 is 2.71. The van der Waals surface area contributed by atoms with Gasteiger partial charge in [-0.05, 0) is 30.4 Å². The molecule has 1 saturated carbocycles. The van der Waals surface area contributed by atoms with Crippen molar-refractivity contribution < 1.29 is 19.8 Å². The largest absolute Gasteiger partial charge is 0.395 e. The Bertz CT molecular complexity index is 1310. The predicted molar refractivity (Wildman–Crippen MR) is 154 cm³/mol. The molecule has 208 valence electrons. The van der Waals surface area contributed by atoms with Crippen molar-refractivity contribution in [2.45, 2.75) is 49.4 Å². The topological polar surface area (TPSA) is 150 Å². The molecule has 5 rings (SSSR count). The highest BCUT2D eigenvalue weighted by Crippen LogP contribution is 2.43. The number of carbonyl (C=O) groups is 2. The molecule has 2 heterocycles. The Kier molecular flexibility index (Phi) is 9.22. The summed E-state index contributed by atoms with van der Waals surface area (Å²) in [4.78, 5) is 25.6. The van der Waals surface area contributed by atoms with Crippen molar-refractivity contribution in [1.82, 2.24) is 20.4 Å². The maximum Gasteiger partial charge on any atom is 0.236 e.